The van der Waals surface area contributed by atoms with Gasteiger partial charge in [0.05, 0.1) is 7.11 Å². The fourth-order valence-corrected chi connectivity index (χ4v) is 3.80. The van der Waals surface area contributed by atoms with Crippen molar-refractivity contribution in [1.82, 2.24) is 9.80 Å². The number of methoxy groups -OCH3 is 1. The molecule has 0 amide bonds. The van der Waals surface area contributed by atoms with Gasteiger partial charge in [-0.1, -0.05) is 38.6 Å². The number of ether oxygens (including phenoxy) is 1. The standard InChI is InChI=1S/C29H45N3OS/c1-11-12-13-27-14-16-28(17-15-27)30-34-25(6)20-23(4)26(7)32(9)19-18-31(8)24(5)21-29(33-10)22(2)3/h14-17,20-21,30H,4,7,11-13,18-19H2,1-3,5-6,8-10H3/b24-21+,25-20+. The molecule has 1 N–H and O–H groups in total. The molecule has 1 aromatic carbocycles. The van der Waals surface area contributed by atoms with E-state index in [1.54, 1.807) is 19.1 Å². The van der Waals surface area contributed by atoms with Gasteiger partial charge in [-0.3, -0.25) is 0 Å². The average Bonchev–Trinajstić information content (AvgIpc) is 2.82. The molecule has 0 atom stereocenters. The zero-order valence-electron chi connectivity index (χ0n) is 22.6. The van der Waals surface area contributed by atoms with Crippen LogP contribution < -0.4 is 4.72 Å². The van der Waals surface area contributed by atoms with Crippen LogP contribution in [0.15, 0.2) is 82.8 Å². The smallest absolute Gasteiger partial charge is 0.119 e. The summed E-state index contributed by atoms with van der Waals surface area (Å²) in [6.45, 7) is 20.7. The molecular weight excluding hydrogens is 438 g/mol. The Balaban J connectivity index is 2.56. The van der Waals surface area contributed by atoms with Crippen LogP contribution in [0, 0.1) is 0 Å². The predicted octanol–water partition coefficient (Wildman–Crippen LogP) is 7.77. The first-order chi connectivity index (χ1) is 16.1. The fraction of sp³-hybridized carbons (Fsp3) is 0.448. The van der Waals surface area contributed by atoms with E-state index < -0.39 is 0 Å². The number of hydrogen-bond donors (Lipinski definition) is 1. The summed E-state index contributed by atoms with van der Waals surface area (Å²) >= 11 is 1.60. The molecule has 0 saturated heterocycles. The topological polar surface area (TPSA) is 27.7 Å². The maximum Gasteiger partial charge on any atom is 0.119 e. The minimum Gasteiger partial charge on any atom is -0.497 e. The number of allylic oxidation sites excluding steroid dienone is 5. The molecule has 4 nitrogen and oxygen atoms in total. The second-order valence-corrected chi connectivity index (χ2v) is 9.98. The van der Waals surface area contributed by atoms with Gasteiger partial charge in [-0.05, 0) is 93.5 Å². The molecule has 0 fully saturated rings. The predicted molar refractivity (Wildman–Crippen MR) is 153 cm³/mol. The molecule has 0 saturated carbocycles. The maximum absolute atomic E-state index is 5.46. The van der Waals surface area contributed by atoms with Crippen LogP contribution in [0.1, 0.15) is 53.0 Å². The summed E-state index contributed by atoms with van der Waals surface area (Å²) in [5.74, 6) is 0.912. The average molecular weight is 484 g/mol. The van der Waals surface area contributed by atoms with Gasteiger partial charge in [0.1, 0.15) is 5.76 Å². The minimum atomic E-state index is 0.847. The van der Waals surface area contributed by atoms with E-state index in [4.69, 9.17) is 4.74 Å². The van der Waals surface area contributed by atoms with Crippen LogP contribution in [0.2, 0.25) is 0 Å². The van der Waals surface area contributed by atoms with Crippen molar-refractivity contribution in [1.29, 1.82) is 0 Å². The Morgan fingerprint density at radius 1 is 1.00 bits per heavy atom. The van der Waals surface area contributed by atoms with E-state index in [0.29, 0.717) is 0 Å². The molecule has 1 rings (SSSR count). The molecule has 5 heteroatoms. The van der Waals surface area contributed by atoms with E-state index in [2.05, 4.69) is 113 Å². The van der Waals surface area contributed by atoms with E-state index in [0.717, 1.165) is 58.4 Å². The van der Waals surface area contributed by atoms with Crippen LogP contribution >= 0.6 is 11.9 Å². The van der Waals surface area contributed by atoms with Crippen LogP contribution in [0.4, 0.5) is 5.69 Å². The Hall–Kier alpha value is -2.53. The molecule has 0 aliphatic heterocycles. The van der Waals surface area contributed by atoms with Gasteiger partial charge in [0.2, 0.25) is 0 Å². The monoisotopic (exact) mass is 483 g/mol. The summed E-state index contributed by atoms with van der Waals surface area (Å²) in [5.41, 5.74) is 6.67. The van der Waals surface area contributed by atoms with Crippen molar-refractivity contribution in [2.45, 2.75) is 53.9 Å². The summed E-state index contributed by atoms with van der Waals surface area (Å²) < 4.78 is 8.88. The number of hydrogen-bond acceptors (Lipinski definition) is 5. The molecule has 0 spiro atoms. The SMILES string of the molecule is C=C(/C=C(\C)SNc1ccc(CCCC)cc1)C(=C)N(C)CCN(C)/C(C)=C/C(OC)=C(C)C. The fourth-order valence-electron chi connectivity index (χ4n) is 3.18. The first-order valence-electron chi connectivity index (χ1n) is 12.0. The second kappa shape index (κ2) is 15.4. The molecule has 0 unspecified atom stereocenters. The summed E-state index contributed by atoms with van der Waals surface area (Å²) in [4.78, 5) is 5.52. The van der Waals surface area contributed by atoms with Crippen molar-refractivity contribution in [3.8, 4) is 0 Å². The summed E-state index contributed by atoms with van der Waals surface area (Å²) in [5, 5.41) is 0. The van der Waals surface area contributed by atoms with Crippen molar-refractivity contribution in [2.75, 3.05) is 39.0 Å². The third-order valence-electron chi connectivity index (χ3n) is 5.74. The highest BCUT2D eigenvalue weighted by atomic mass is 32.2. The molecule has 188 valence electrons. The first kappa shape index (κ1) is 29.5. The number of rotatable bonds is 15. The molecule has 0 aliphatic rings. The molecule has 0 aliphatic carbocycles. The van der Waals surface area contributed by atoms with Crippen molar-refractivity contribution in [3.05, 3.63) is 88.3 Å². The van der Waals surface area contributed by atoms with Gasteiger partial charge in [0.25, 0.3) is 0 Å². The first-order valence-corrected chi connectivity index (χ1v) is 12.8. The van der Waals surface area contributed by atoms with E-state index >= 15 is 0 Å². The van der Waals surface area contributed by atoms with Gasteiger partial charge >= 0.3 is 0 Å². The minimum absolute atomic E-state index is 0.847. The summed E-state index contributed by atoms with van der Waals surface area (Å²) in [6.07, 6.45) is 7.77. The summed E-state index contributed by atoms with van der Waals surface area (Å²) in [7, 11) is 5.87. The Kier molecular flexibility index (Phi) is 13.4. The highest BCUT2D eigenvalue weighted by Crippen LogP contribution is 2.23. The van der Waals surface area contributed by atoms with Gasteiger partial charge in [-0.2, -0.15) is 0 Å². The Bertz CT molecular complexity index is 892. The van der Waals surface area contributed by atoms with Crippen LogP contribution in [0.3, 0.4) is 0 Å². The number of likely N-dealkylation sites (N-methyl/N-ethyl adjacent to an activating group) is 2. The molecule has 0 aromatic heterocycles. The molecule has 0 heterocycles. The lowest BCUT2D eigenvalue weighted by atomic mass is 10.1. The number of aryl methyl sites for hydroxylation is 1. The van der Waals surface area contributed by atoms with Crippen LogP contribution in [0.25, 0.3) is 0 Å². The number of nitrogens with zero attached hydrogens (tertiary/aromatic N) is 2. The van der Waals surface area contributed by atoms with Gasteiger partial charge in [-0.25, -0.2) is 0 Å². The molecule has 34 heavy (non-hydrogen) atoms. The van der Waals surface area contributed by atoms with Gasteiger partial charge in [0.15, 0.2) is 0 Å². The third kappa shape index (κ3) is 10.6. The number of benzene rings is 1. The maximum atomic E-state index is 5.46. The van der Waals surface area contributed by atoms with E-state index in [1.807, 2.05) is 0 Å². The van der Waals surface area contributed by atoms with Crippen molar-refractivity contribution in [2.24, 2.45) is 0 Å². The zero-order chi connectivity index (χ0) is 25.7. The highest BCUT2D eigenvalue weighted by Gasteiger charge is 2.08. The van der Waals surface area contributed by atoms with Gasteiger partial charge in [0, 0.05) is 49.2 Å². The van der Waals surface area contributed by atoms with Gasteiger partial charge in [-0.15, -0.1) is 0 Å². The number of nitrogens with one attached hydrogen (secondary N) is 1. The van der Waals surface area contributed by atoms with E-state index in [9.17, 15) is 0 Å². The highest BCUT2D eigenvalue weighted by molar-refractivity contribution is 8.04. The molecular formula is C29H45N3OS. The van der Waals surface area contributed by atoms with Crippen molar-refractivity contribution < 1.29 is 4.74 Å². The lowest BCUT2D eigenvalue weighted by molar-refractivity contribution is 0.296. The number of anilines is 1. The second-order valence-electron chi connectivity index (χ2n) is 8.93. The van der Waals surface area contributed by atoms with E-state index in [1.165, 1.54) is 18.4 Å². The lowest BCUT2D eigenvalue weighted by Crippen LogP contribution is -2.29. The molecule has 1 aromatic rings. The van der Waals surface area contributed by atoms with Crippen LogP contribution in [-0.4, -0.2) is 44.1 Å². The lowest BCUT2D eigenvalue weighted by Gasteiger charge is -2.27. The van der Waals surface area contributed by atoms with Crippen LogP contribution in [-0.2, 0) is 11.2 Å². The van der Waals surface area contributed by atoms with Crippen LogP contribution in [0.5, 0.6) is 0 Å². The van der Waals surface area contributed by atoms with Crippen molar-refractivity contribution in [3.63, 3.8) is 0 Å². The Morgan fingerprint density at radius 2 is 1.62 bits per heavy atom. The number of unbranched alkanes of at least 4 members (excludes halogenated alkanes) is 1. The Labute approximate surface area is 213 Å². The van der Waals surface area contributed by atoms with Crippen molar-refractivity contribution >= 4 is 17.6 Å². The summed E-state index contributed by atoms with van der Waals surface area (Å²) in [6, 6.07) is 8.70. The Morgan fingerprint density at radius 3 is 2.18 bits per heavy atom. The molecule has 0 bridgehead atoms. The largest absolute Gasteiger partial charge is 0.497 e. The zero-order valence-corrected chi connectivity index (χ0v) is 23.4. The third-order valence-corrected chi connectivity index (χ3v) is 6.51. The quantitative estimate of drug-likeness (QED) is 0.156. The van der Waals surface area contributed by atoms with Gasteiger partial charge < -0.3 is 19.3 Å². The van der Waals surface area contributed by atoms with E-state index in [-0.39, 0.29) is 0 Å². The normalized spacial score (nSPS) is 11.6. The molecule has 0 radical (unpaired) electrons.